The van der Waals surface area contributed by atoms with Gasteiger partial charge in [0.15, 0.2) is 5.78 Å². The van der Waals surface area contributed by atoms with Gasteiger partial charge in [-0.25, -0.2) is 0 Å². The normalized spacial score (nSPS) is 29.2. The monoisotopic (exact) mass is 287 g/mol. The number of ether oxygens (including phenoxy) is 1. The van der Waals surface area contributed by atoms with Crippen molar-refractivity contribution in [2.24, 2.45) is 5.92 Å². The zero-order valence-corrected chi connectivity index (χ0v) is 13.3. The highest BCUT2D eigenvalue weighted by molar-refractivity contribution is 5.98. The smallest absolute Gasteiger partial charge is 0.166 e. The summed E-state index contributed by atoms with van der Waals surface area (Å²) in [5, 5.41) is 0. The number of hydrogen-bond acceptors (Lipinski definition) is 3. The molecule has 2 bridgehead atoms. The fraction of sp³-hybridized carbons (Fsp3) is 0.611. The van der Waals surface area contributed by atoms with Crippen molar-refractivity contribution in [3.63, 3.8) is 0 Å². The number of methoxy groups -OCH3 is 1. The first-order valence-corrected chi connectivity index (χ1v) is 8.01. The first-order valence-electron chi connectivity index (χ1n) is 8.01. The third kappa shape index (κ3) is 2.71. The number of carbonyl (C=O) groups is 1. The van der Waals surface area contributed by atoms with E-state index in [0.29, 0.717) is 17.9 Å². The molecule has 0 aliphatic carbocycles. The fourth-order valence-electron chi connectivity index (χ4n) is 4.04. The zero-order valence-electron chi connectivity index (χ0n) is 13.3. The molecular formula is C18H25NO2. The molecule has 0 radical (unpaired) electrons. The maximum absolute atomic E-state index is 12.8. The Morgan fingerprint density at radius 2 is 1.90 bits per heavy atom. The molecule has 0 spiro atoms. The Hall–Kier alpha value is -1.35. The van der Waals surface area contributed by atoms with Gasteiger partial charge in [-0.05, 0) is 51.3 Å². The summed E-state index contributed by atoms with van der Waals surface area (Å²) in [6.07, 6.45) is 5.84. The number of fused-ring (bicyclic) bond motifs is 2. The number of Topliss-reactive ketones (excluding diaryl/α,β-unsaturated/α-hetero) is 1. The molecule has 0 aromatic heterocycles. The summed E-state index contributed by atoms with van der Waals surface area (Å²) in [6, 6.07) is 7.04. The molecule has 2 saturated heterocycles. The molecule has 3 heteroatoms. The quantitative estimate of drug-likeness (QED) is 0.798. The van der Waals surface area contributed by atoms with Gasteiger partial charge in [0.1, 0.15) is 5.75 Å². The Balaban J connectivity index is 1.79. The van der Waals surface area contributed by atoms with Gasteiger partial charge >= 0.3 is 0 Å². The van der Waals surface area contributed by atoms with Crippen LogP contribution in [-0.2, 0) is 0 Å². The highest BCUT2D eigenvalue weighted by atomic mass is 16.5. The highest BCUT2D eigenvalue weighted by Gasteiger charge is 2.38. The minimum atomic E-state index is 0.184. The fourth-order valence-corrected chi connectivity index (χ4v) is 4.04. The minimum Gasteiger partial charge on any atom is -0.496 e. The molecule has 2 atom stereocenters. The summed E-state index contributed by atoms with van der Waals surface area (Å²) < 4.78 is 5.35. The average Bonchev–Trinajstić information content (AvgIpc) is 2.47. The van der Waals surface area contributed by atoms with Crippen molar-refractivity contribution in [3.8, 4) is 5.75 Å². The third-order valence-corrected chi connectivity index (χ3v) is 5.40. The van der Waals surface area contributed by atoms with Gasteiger partial charge in [0.05, 0.1) is 7.11 Å². The van der Waals surface area contributed by atoms with Gasteiger partial charge in [-0.15, -0.1) is 0 Å². The summed E-state index contributed by atoms with van der Waals surface area (Å²) in [5.74, 6) is 1.30. The molecule has 2 unspecified atom stereocenters. The lowest BCUT2D eigenvalue weighted by molar-refractivity contribution is 0.0338. The van der Waals surface area contributed by atoms with E-state index in [4.69, 9.17) is 4.74 Å². The maximum atomic E-state index is 12.8. The van der Waals surface area contributed by atoms with Gasteiger partial charge < -0.3 is 9.64 Å². The molecule has 2 fully saturated rings. The van der Waals surface area contributed by atoms with Crippen molar-refractivity contribution in [3.05, 3.63) is 29.3 Å². The number of piperidine rings is 2. The highest BCUT2D eigenvalue weighted by Crippen LogP contribution is 2.37. The molecule has 0 amide bonds. The standard InChI is InChI=1S/C18H25NO2/c1-12-7-8-13(11-17(12)21-3)18(20)14-9-15-5-4-6-16(10-14)19(15)2/h7-8,11,14-16H,4-6,9-10H2,1-3H3. The summed E-state index contributed by atoms with van der Waals surface area (Å²) >= 11 is 0. The van der Waals surface area contributed by atoms with Crippen LogP contribution in [0, 0.1) is 12.8 Å². The van der Waals surface area contributed by atoms with Gasteiger partial charge in [0.25, 0.3) is 0 Å². The van der Waals surface area contributed by atoms with Crippen molar-refractivity contribution < 1.29 is 9.53 Å². The van der Waals surface area contributed by atoms with Crippen molar-refractivity contribution in [2.45, 2.75) is 51.1 Å². The summed E-state index contributed by atoms with van der Waals surface area (Å²) in [6.45, 7) is 2.01. The molecular weight excluding hydrogens is 262 g/mol. The molecule has 1 aromatic carbocycles. The van der Waals surface area contributed by atoms with E-state index >= 15 is 0 Å². The van der Waals surface area contributed by atoms with Crippen molar-refractivity contribution in [1.29, 1.82) is 0 Å². The van der Waals surface area contributed by atoms with E-state index in [-0.39, 0.29) is 5.92 Å². The molecule has 114 valence electrons. The van der Waals surface area contributed by atoms with E-state index in [9.17, 15) is 4.79 Å². The lowest BCUT2D eigenvalue weighted by Gasteiger charge is -2.46. The molecule has 2 aliphatic heterocycles. The SMILES string of the molecule is COc1cc(C(=O)C2CC3CCCC(C2)N3C)ccc1C. The Morgan fingerprint density at radius 1 is 1.24 bits per heavy atom. The summed E-state index contributed by atoms with van der Waals surface area (Å²) in [4.78, 5) is 15.3. The van der Waals surface area contributed by atoms with Gasteiger partial charge in [-0.2, -0.15) is 0 Å². The predicted octanol–water partition coefficient (Wildman–Crippen LogP) is 3.45. The Labute approximate surface area is 127 Å². The number of hydrogen-bond donors (Lipinski definition) is 0. The molecule has 3 nitrogen and oxygen atoms in total. The molecule has 2 aliphatic rings. The Morgan fingerprint density at radius 3 is 2.52 bits per heavy atom. The number of rotatable bonds is 3. The largest absolute Gasteiger partial charge is 0.496 e. The van der Waals surface area contributed by atoms with Crippen LogP contribution in [0.25, 0.3) is 0 Å². The molecule has 3 rings (SSSR count). The van der Waals surface area contributed by atoms with E-state index in [1.54, 1.807) is 7.11 Å². The predicted molar refractivity (Wildman–Crippen MR) is 84.0 cm³/mol. The third-order valence-electron chi connectivity index (χ3n) is 5.40. The van der Waals surface area contributed by atoms with Crippen LogP contribution in [-0.4, -0.2) is 36.9 Å². The maximum Gasteiger partial charge on any atom is 0.166 e. The van der Waals surface area contributed by atoms with Gasteiger partial charge in [0, 0.05) is 23.6 Å². The van der Waals surface area contributed by atoms with Gasteiger partial charge in [-0.3, -0.25) is 4.79 Å². The van der Waals surface area contributed by atoms with Crippen LogP contribution in [0.1, 0.15) is 48.0 Å². The second-order valence-electron chi connectivity index (χ2n) is 6.62. The van der Waals surface area contributed by atoms with Crippen molar-refractivity contribution in [2.75, 3.05) is 14.2 Å². The molecule has 21 heavy (non-hydrogen) atoms. The Bertz CT molecular complexity index is 526. The molecule has 2 heterocycles. The topological polar surface area (TPSA) is 29.5 Å². The Kier molecular flexibility index (Phi) is 4.03. The minimum absolute atomic E-state index is 0.184. The molecule has 0 saturated carbocycles. The average molecular weight is 287 g/mol. The van der Waals surface area contributed by atoms with E-state index in [1.165, 1.54) is 19.3 Å². The number of aryl methyl sites for hydroxylation is 1. The van der Waals surface area contributed by atoms with Crippen LogP contribution < -0.4 is 4.74 Å². The van der Waals surface area contributed by atoms with E-state index in [2.05, 4.69) is 11.9 Å². The van der Waals surface area contributed by atoms with Crippen LogP contribution in [0.4, 0.5) is 0 Å². The van der Waals surface area contributed by atoms with Crippen LogP contribution in [0.5, 0.6) is 5.75 Å². The van der Waals surface area contributed by atoms with Crippen LogP contribution in [0.15, 0.2) is 18.2 Å². The number of carbonyl (C=O) groups excluding carboxylic acids is 1. The zero-order chi connectivity index (χ0) is 15.0. The summed E-state index contributed by atoms with van der Waals surface area (Å²) in [7, 11) is 3.89. The summed E-state index contributed by atoms with van der Waals surface area (Å²) in [5.41, 5.74) is 1.89. The van der Waals surface area contributed by atoms with Crippen LogP contribution in [0.2, 0.25) is 0 Å². The van der Waals surface area contributed by atoms with Crippen LogP contribution in [0.3, 0.4) is 0 Å². The van der Waals surface area contributed by atoms with E-state index in [1.807, 2.05) is 25.1 Å². The lowest BCUT2D eigenvalue weighted by Crippen LogP contribution is -2.51. The number of ketones is 1. The van der Waals surface area contributed by atoms with Crippen LogP contribution >= 0.6 is 0 Å². The molecule has 1 aromatic rings. The first-order chi connectivity index (χ1) is 10.1. The first kappa shape index (κ1) is 14.6. The second-order valence-corrected chi connectivity index (χ2v) is 6.62. The van der Waals surface area contributed by atoms with Crippen molar-refractivity contribution >= 4 is 5.78 Å². The lowest BCUT2D eigenvalue weighted by atomic mass is 9.76. The van der Waals surface area contributed by atoms with E-state index in [0.717, 1.165) is 29.7 Å². The van der Waals surface area contributed by atoms with Crippen molar-refractivity contribution in [1.82, 2.24) is 4.90 Å². The second kappa shape index (κ2) is 5.80. The molecule has 0 N–H and O–H groups in total. The van der Waals surface area contributed by atoms with Gasteiger partial charge in [0.2, 0.25) is 0 Å². The van der Waals surface area contributed by atoms with Gasteiger partial charge in [-0.1, -0.05) is 18.6 Å². The number of benzene rings is 1. The van der Waals surface area contributed by atoms with E-state index < -0.39 is 0 Å². The number of nitrogens with zero attached hydrogens (tertiary/aromatic N) is 1.